The van der Waals surface area contributed by atoms with Crippen molar-refractivity contribution in [1.29, 1.82) is 0 Å². The molecule has 0 aromatic heterocycles. The van der Waals surface area contributed by atoms with E-state index in [1.54, 1.807) is 0 Å². The summed E-state index contributed by atoms with van der Waals surface area (Å²) in [5.41, 5.74) is -0.446. The lowest BCUT2D eigenvalue weighted by molar-refractivity contribution is 0.00545. The molecular formula is C21H38N4O3. The summed E-state index contributed by atoms with van der Waals surface area (Å²) >= 11 is 0. The van der Waals surface area contributed by atoms with Crippen molar-refractivity contribution in [2.45, 2.75) is 89.9 Å². The quantitative estimate of drug-likeness (QED) is 0.394. The molecule has 1 aliphatic carbocycles. The van der Waals surface area contributed by atoms with Gasteiger partial charge in [-0.05, 0) is 72.1 Å². The fraction of sp³-hybridized carbons (Fsp3) is 0.905. The van der Waals surface area contributed by atoms with Crippen LogP contribution >= 0.6 is 0 Å². The van der Waals surface area contributed by atoms with E-state index in [9.17, 15) is 4.79 Å². The van der Waals surface area contributed by atoms with Gasteiger partial charge in [0.2, 0.25) is 0 Å². The molecule has 3 rings (SSSR count). The third-order valence-electron chi connectivity index (χ3n) is 5.58. The van der Waals surface area contributed by atoms with Crippen LogP contribution < -0.4 is 10.6 Å². The zero-order valence-electron chi connectivity index (χ0n) is 18.0. The standard InChI is InChI=1S/C21H38N4O3/c1-5-22-19(23-10-11-27-14-15-6-7-15)24-16-12-17-8-9-18(13-16)25(17)20(26)28-21(2,3)4/h15-18H,5-14H2,1-4H3,(H2,22,23,24). The maximum atomic E-state index is 12.6. The van der Waals surface area contributed by atoms with E-state index in [2.05, 4.69) is 22.5 Å². The third-order valence-corrected chi connectivity index (χ3v) is 5.58. The van der Waals surface area contributed by atoms with E-state index in [4.69, 9.17) is 9.47 Å². The van der Waals surface area contributed by atoms with Gasteiger partial charge in [0.15, 0.2) is 5.96 Å². The molecule has 28 heavy (non-hydrogen) atoms. The van der Waals surface area contributed by atoms with E-state index in [0.29, 0.717) is 19.2 Å². The fourth-order valence-electron chi connectivity index (χ4n) is 4.18. The van der Waals surface area contributed by atoms with E-state index in [1.807, 2.05) is 25.7 Å². The maximum Gasteiger partial charge on any atom is 0.410 e. The molecule has 7 heteroatoms. The maximum absolute atomic E-state index is 12.6. The summed E-state index contributed by atoms with van der Waals surface area (Å²) in [6, 6.07) is 0.855. The van der Waals surface area contributed by atoms with Gasteiger partial charge in [0.1, 0.15) is 5.60 Å². The molecule has 0 aromatic carbocycles. The van der Waals surface area contributed by atoms with E-state index in [-0.39, 0.29) is 18.2 Å². The predicted molar refractivity (Wildman–Crippen MR) is 111 cm³/mol. The number of rotatable bonds is 7. The molecule has 0 aromatic rings. The van der Waals surface area contributed by atoms with Crippen molar-refractivity contribution >= 4 is 12.1 Å². The topological polar surface area (TPSA) is 75.2 Å². The molecule has 2 bridgehead atoms. The number of amides is 1. The number of nitrogens with zero attached hydrogens (tertiary/aromatic N) is 2. The Kier molecular flexibility index (Phi) is 7.07. The van der Waals surface area contributed by atoms with Crippen molar-refractivity contribution in [1.82, 2.24) is 15.5 Å². The van der Waals surface area contributed by atoms with Crippen LogP contribution in [0.4, 0.5) is 4.79 Å². The molecule has 0 spiro atoms. The SMILES string of the molecule is CCNC(=NCCOCC1CC1)NC1CC2CCC(C1)N2C(=O)OC(C)(C)C. The average Bonchev–Trinajstić information content (AvgIpc) is 3.37. The second-order valence-electron chi connectivity index (χ2n) is 9.36. The van der Waals surface area contributed by atoms with Gasteiger partial charge in [0.05, 0.1) is 13.2 Å². The number of aliphatic imine (C=N–C) groups is 1. The molecule has 3 fully saturated rings. The minimum absolute atomic E-state index is 0.160. The number of guanidine groups is 1. The van der Waals surface area contributed by atoms with Gasteiger partial charge in [-0.1, -0.05) is 0 Å². The summed E-state index contributed by atoms with van der Waals surface area (Å²) in [6.45, 7) is 10.9. The monoisotopic (exact) mass is 394 g/mol. The van der Waals surface area contributed by atoms with Crippen LogP contribution in [0, 0.1) is 5.92 Å². The highest BCUT2D eigenvalue weighted by Crippen LogP contribution is 2.36. The highest BCUT2D eigenvalue weighted by Gasteiger charge is 2.45. The van der Waals surface area contributed by atoms with Crippen molar-refractivity contribution in [3.63, 3.8) is 0 Å². The zero-order chi connectivity index (χ0) is 20.1. The van der Waals surface area contributed by atoms with Gasteiger partial charge in [-0.15, -0.1) is 0 Å². The summed E-state index contributed by atoms with van der Waals surface area (Å²) in [7, 11) is 0. The molecular weight excluding hydrogens is 356 g/mol. The van der Waals surface area contributed by atoms with Gasteiger partial charge in [-0.25, -0.2) is 4.79 Å². The lowest BCUT2D eigenvalue weighted by Crippen LogP contribution is -2.55. The molecule has 0 radical (unpaired) electrons. The largest absolute Gasteiger partial charge is 0.444 e. The number of carbonyl (C=O) groups is 1. The summed E-state index contributed by atoms with van der Waals surface area (Å²) in [5.74, 6) is 1.65. The number of hydrogen-bond acceptors (Lipinski definition) is 4. The van der Waals surface area contributed by atoms with Gasteiger partial charge in [-0.3, -0.25) is 4.99 Å². The van der Waals surface area contributed by atoms with Crippen LogP contribution in [0.25, 0.3) is 0 Å². The Balaban J connectivity index is 1.48. The van der Waals surface area contributed by atoms with Crippen LogP contribution in [0.5, 0.6) is 0 Å². The number of piperidine rings is 1. The average molecular weight is 395 g/mol. The molecule has 7 nitrogen and oxygen atoms in total. The zero-order valence-corrected chi connectivity index (χ0v) is 18.0. The Bertz CT molecular complexity index is 542. The molecule has 1 amide bonds. The molecule has 3 aliphatic rings. The molecule has 2 saturated heterocycles. The molecule has 2 N–H and O–H groups in total. The van der Waals surface area contributed by atoms with Gasteiger partial charge >= 0.3 is 6.09 Å². The van der Waals surface area contributed by atoms with Crippen molar-refractivity contribution in [3.05, 3.63) is 0 Å². The minimum Gasteiger partial charge on any atom is -0.444 e. The van der Waals surface area contributed by atoms with Gasteiger partial charge in [0, 0.05) is 31.3 Å². The Morgan fingerprint density at radius 2 is 1.82 bits per heavy atom. The predicted octanol–water partition coefficient (Wildman–Crippen LogP) is 2.90. The van der Waals surface area contributed by atoms with E-state index >= 15 is 0 Å². The van der Waals surface area contributed by atoms with Gasteiger partial charge in [0.25, 0.3) is 0 Å². The number of ether oxygens (including phenoxy) is 2. The summed E-state index contributed by atoms with van der Waals surface area (Å²) in [6.07, 6.45) is 6.48. The Morgan fingerprint density at radius 1 is 1.14 bits per heavy atom. The van der Waals surface area contributed by atoms with Crippen molar-refractivity contribution in [2.75, 3.05) is 26.3 Å². The van der Waals surface area contributed by atoms with Crippen LogP contribution in [0.1, 0.15) is 66.2 Å². The number of carbonyl (C=O) groups excluding carboxylic acids is 1. The van der Waals surface area contributed by atoms with E-state index in [1.165, 1.54) is 12.8 Å². The normalized spacial score (nSPS) is 27.6. The molecule has 160 valence electrons. The molecule has 2 atom stereocenters. The van der Waals surface area contributed by atoms with Crippen LogP contribution in [-0.4, -0.2) is 67.0 Å². The first-order valence-electron chi connectivity index (χ1n) is 11.0. The van der Waals surface area contributed by atoms with Crippen molar-refractivity contribution in [3.8, 4) is 0 Å². The first-order chi connectivity index (χ1) is 13.4. The van der Waals surface area contributed by atoms with Gasteiger partial charge < -0.3 is 25.0 Å². The smallest absolute Gasteiger partial charge is 0.410 e. The lowest BCUT2D eigenvalue weighted by atomic mass is 9.98. The Labute approximate surface area is 169 Å². The second kappa shape index (κ2) is 9.33. The number of fused-ring (bicyclic) bond motifs is 2. The second-order valence-corrected chi connectivity index (χ2v) is 9.36. The molecule has 2 heterocycles. The summed E-state index contributed by atoms with van der Waals surface area (Å²) in [4.78, 5) is 19.2. The van der Waals surface area contributed by atoms with E-state index < -0.39 is 5.60 Å². The van der Waals surface area contributed by atoms with Crippen LogP contribution in [0.3, 0.4) is 0 Å². The first-order valence-corrected chi connectivity index (χ1v) is 11.0. The van der Waals surface area contributed by atoms with Crippen molar-refractivity contribution in [2.24, 2.45) is 10.9 Å². The molecule has 2 unspecified atom stereocenters. The first kappa shape index (κ1) is 21.2. The Hall–Kier alpha value is -1.50. The van der Waals surface area contributed by atoms with Crippen LogP contribution in [0.15, 0.2) is 4.99 Å². The highest BCUT2D eigenvalue weighted by atomic mass is 16.6. The summed E-state index contributed by atoms with van der Waals surface area (Å²) in [5, 5.41) is 6.92. The lowest BCUT2D eigenvalue weighted by Gasteiger charge is -2.40. The summed E-state index contributed by atoms with van der Waals surface area (Å²) < 4.78 is 11.3. The Morgan fingerprint density at radius 3 is 2.39 bits per heavy atom. The van der Waals surface area contributed by atoms with Crippen LogP contribution in [-0.2, 0) is 9.47 Å². The van der Waals surface area contributed by atoms with Crippen molar-refractivity contribution < 1.29 is 14.3 Å². The van der Waals surface area contributed by atoms with Crippen LogP contribution in [0.2, 0.25) is 0 Å². The third kappa shape index (κ3) is 6.26. The minimum atomic E-state index is -0.446. The number of hydrogen-bond donors (Lipinski definition) is 2. The highest BCUT2D eigenvalue weighted by molar-refractivity contribution is 5.80. The molecule has 1 saturated carbocycles. The number of nitrogens with one attached hydrogen (secondary N) is 2. The van der Waals surface area contributed by atoms with Gasteiger partial charge in [-0.2, -0.15) is 0 Å². The molecule has 2 aliphatic heterocycles. The fourth-order valence-corrected chi connectivity index (χ4v) is 4.18. The van der Waals surface area contributed by atoms with E-state index in [0.717, 1.165) is 50.7 Å².